The number of amides is 1. The van der Waals surface area contributed by atoms with E-state index in [1.54, 1.807) is 25.6 Å². The van der Waals surface area contributed by atoms with E-state index in [1.165, 1.54) is 46.6 Å². The molecule has 1 aromatic carbocycles. The van der Waals surface area contributed by atoms with Gasteiger partial charge in [-0.25, -0.2) is 0 Å². The Morgan fingerprint density at radius 3 is 2.53 bits per heavy atom. The van der Waals surface area contributed by atoms with Gasteiger partial charge in [0.05, 0.1) is 25.1 Å². The Morgan fingerprint density at radius 1 is 1.09 bits per heavy atom. The standard InChI is InChI=1S/C25H30N2O3S2/c1-16-17(2)32-25(26-24(28)21-9-8-14-31-21)22(16)23(27-12-6-5-7-13-27)19-11-10-18(29-3)15-20(19)30-4/h8-11,14-15,23H,5-7,12-13H2,1-4H3,(H,26,28)/t23-/m0/s1. The van der Waals surface area contributed by atoms with Crippen LogP contribution >= 0.6 is 22.7 Å². The molecule has 0 saturated carbocycles. The van der Waals surface area contributed by atoms with Crippen molar-refractivity contribution in [3.05, 3.63) is 62.2 Å². The summed E-state index contributed by atoms with van der Waals surface area (Å²) in [5, 5.41) is 6.07. The Morgan fingerprint density at radius 2 is 1.88 bits per heavy atom. The number of benzene rings is 1. The lowest BCUT2D eigenvalue weighted by Gasteiger charge is -2.36. The number of ether oxygens (including phenoxy) is 2. The quantitative estimate of drug-likeness (QED) is 0.442. The van der Waals surface area contributed by atoms with Gasteiger partial charge in [0.25, 0.3) is 5.91 Å². The van der Waals surface area contributed by atoms with Gasteiger partial charge in [-0.2, -0.15) is 0 Å². The second kappa shape index (κ2) is 10.1. The predicted octanol–water partition coefficient (Wildman–Crippen LogP) is 6.27. The zero-order valence-electron chi connectivity index (χ0n) is 19.1. The van der Waals surface area contributed by atoms with Crippen molar-refractivity contribution in [2.45, 2.75) is 39.2 Å². The fraction of sp³-hybridized carbons (Fsp3) is 0.400. The molecule has 0 unspecified atom stereocenters. The minimum Gasteiger partial charge on any atom is -0.497 e. The van der Waals surface area contributed by atoms with Gasteiger partial charge in [-0.1, -0.05) is 12.5 Å². The molecule has 1 aliphatic heterocycles. The van der Waals surface area contributed by atoms with Crippen molar-refractivity contribution in [2.24, 2.45) is 0 Å². The first-order valence-corrected chi connectivity index (χ1v) is 12.6. The highest BCUT2D eigenvalue weighted by molar-refractivity contribution is 7.17. The predicted molar refractivity (Wildman–Crippen MR) is 133 cm³/mol. The summed E-state index contributed by atoms with van der Waals surface area (Å²) >= 11 is 3.11. The lowest BCUT2D eigenvalue weighted by atomic mass is 9.92. The number of thiophene rings is 2. The maximum Gasteiger partial charge on any atom is 0.266 e. The molecule has 32 heavy (non-hydrogen) atoms. The Labute approximate surface area is 198 Å². The molecule has 3 heterocycles. The van der Waals surface area contributed by atoms with Gasteiger partial charge in [0, 0.05) is 22.1 Å². The summed E-state index contributed by atoms with van der Waals surface area (Å²) in [5.41, 5.74) is 3.50. The third-order valence-electron chi connectivity index (χ3n) is 6.17. The summed E-state index contributed by atoms with van der Waals surface area (Å²) in [6.45, 7) is 6.33. The first kappa shape index (κ1) is 22.8. The molecular weight excluding hydrogens is 440 g/mol. The molecular formula is C25H30N2O3S2. The molecule has 1 saturated heterocycles. The molecule has 3 aromatic rings. The van der Waals surface area contributed by atoms with E-state index in [0.29, 0.717) is 0 Å². The monoisotopic (exact) mass is 470 g/mol. The highest BCUT2D eigenvalue weighted by atomic mass is 32.1. The van der Waals surface area contributed by atoms with Gasteiger partial charge in [-0.05, 0) is 68.9 Å². The topological polar surface area (TPSA) is 50.8 Å². The van der Waals surface area contributed by atoms with Crippen LogP contribution in [0.15, 0.2) is 35.7 Å². The van der Waals surface area contributed by atoms with Gasteiger partial charge < -0.3 is 14.8 Å². The fourth-order valence-corrected chi connectivity index (χ4v) is 6.10. The van der Waals surface area contributed by atoms with Crippen LogP contribution < -0.4 is 14.8 Å². The van der Waals surface area contributed by atoms with Crippen molar-refractivity contribution in [2.75, 3.05) is 32.6 Å². The van der Waals surface area contributed by atoms with Crippen molar-refractivity contribution in [1.29, 1.82) is 0 Å². The number of nitrogens with zero attached hydrogens (tertiary/aromatic N) is 1. The summed E-state index contributed by atoms with van der Waals surface area (Å²) in [5.74, 6) is 1.52. The number of aryl methyl sites for hydroxylation is 1. The van der Waals surface area contributed by atoms with Crippen molar-refractivity contribution in [1.82, 2.24) is 4.90 Å². The van der Waals surface area contributed by atoms with Gasteiger partial charge in [0.15, 0.2) is 0 Å². The van der Waals surface area contributed by atoms with Gasteiger partial charge in [0.2, 0.25) is 0 Å². The summed E-state index contributed by atoms with van der Waals surface area (Å²) in [7, 11) is 3.37. The van der Waals surface area contributed by atoms with Gasteiger partial charge >= 0.3 is 0 Å². The second-order valence-corrected chi connectivity index (χ2v) is 10.2. The second-order valence-electron chi connectivity index (χ2n) is 8.06. The van der Waals surface area contributed by atoms with E-state index in [9.17, 15) is 4.79 Å². The van der Waals surface area contributed by atoms with E-state index in [-0.39, 0.29) is 11.9 Å². The van der Waals surface area contributed by atoms with Crippen LogP contribution in [-0.2, 0) is 0 Å². The summed E-state index contributed by atoms with van der Waals surface area (Å²) in [4.78, 5) is 17.4. The largest absolute Gasteiger partial charge is 0.497 e. The van der Waals surface area contributed by atoms with Crippen LogP contribution in [0.1, 0.15) is 56.5 Å². The first-order chi connectivity index (χ1) is 15.5. The smallest absolute Gasteiger partial charge is 0.266 e. The number of rotatable bonds is 7. The van der Waals surface area contributed by atoms with Gasteiger partial charge in [-0.3, -0.25) is 9.69 Å². The molecule has 4 rings (SSSR count). The average Bonchev–Trinajstić information content (AvgIpc) is 3.45. The summed E-state index contributed by atoms with van der Waals surface area (Å²) in [6.07, 6.45) is 3.61. The molecule has 0 aliphatic carbocycles. The van der Waals surface area contributed by atoms with Crippen molar-refractivity contribution in [3.8, 4) is 11.5 Å². The third-order valence-corrected chi connectivity index (χ3v) is 8.18. The number of methoxy groups -OCH3 is 2. The molecule has 2 aromatic heterocycles. The van der Waals surface area contributed by atoms with E-state index >= 15 is 0 Å². The van der Waals surface area contributed by atoms with Crippen molar-refractivity contribution < 1.29 is 14.3 Å². The number of carbonyl (C=O) groups is 1. The van der Waals surface area contributed by atoms with Crippen LogP contribution in [0.5, 0.6) is 11.5 Å². The zero-order chi connectivity index (χ0) is 22.7. The van der Waals surface area contributed by atoms with Crippen LogP contribution in [0.4, 0.5) is 5.00 Å². The molecule has 1 amide bonds. The Hall–Kier alpha value is -2.35. The van der Waals surface area contributed by atoms with Crippen molar-refractivity contribution >= 4 is 33.6 Å². The molecule has 1 fully saturated rings. The van der Waals surface area contributed by atoms with E-state index in [2.05, 4.69) is 30.1 Å². The lowest BCUT2D eigenvalue weighted by Crippen LogP contribution is -2.35. The molecule has 0 radical (unpaired) electrons. The molecule has 1 atom stereocenters. The molecule has 1 N–H and O–H groups in total. The number of hydrogen-bond donors (Lipinski definition) is 1. The Balaban J connectivity index is 1.82. The molecule has 0 spiro atoms. The Bertz CT molecular complexity index is 1070. The fourth-order valence-electron chi connectivity index (χ4n) is 4.39. The third kappa shape index (κ3) is 4.56. The number of hydrogen-bond acceptors (Lipinski definition) is 6. The molecule has 170 valence electrons. The van der Waals surface area contributed by atoms with E-state index < -0.39 is 0 Å². The van der Waals surface area contributed by atoms with Crippen molar-refractivity contribution in [3.63, 3.8) is 0 Å². The minimum absolute atomic E-state index is 0.000239. The van der Waals surface area contributed by atoms with Crippen LogP contribution in [0.2, 0.25) is 0 Å². The van der Waals surface area contributed by atoms with E-state index in [0.717, 1.165) is 40.0 Å². The molecule has 1 aliphatic rings. The van der Waals surface area contributed by atoms with Crippen LogP contribution in [-0.4, -0.2) is 38.1 Å². The maximum atomic E-state index is 12.9. The summed E-state index contributed by atoms with van der Waals surface area (Å²) < 4.78 is 11.3. The highest BCUT2D eigenvalue weighted by Gasteiger charge is 2.32. The van der Waals surface area contributed by atoms with Gasteiger partial charge in [-0.15, -0.1) is 22.7 Å². The SMILES string of the molecule is COc1ccc([C@@H](c2c(NC(=O)c3cccs3)sc(C)c2C)N2CCCCC2)c(OC)c1. The van der Waals surface area contributed by atoms with Crippen LogP contribution in [0, 0.1) is 13.8 Å². The minimum atomic E-state index is -0.0541. The number of nitrogens with one attached hydrogen (secondary N) is 1. The molecule has 5 nitrogen and oxygen atoms in total. The molecule has 7 heteroatoms. The highest BCUT2D eigenvalue weighted by Crippen LogP contribution is 2.46. The van der Waals surface area contributed by atoms with E-state index in [1.807, 2.05) is 29.6 Å². The van der Waals surface area contributed by atoms with Crippen LogP contribution in [0.25, 0.3) is 0 Å². The maximum absolute atomic E-state index is 12.9. The Kier molecular flexibility index (Phi) is 7.18. The summed E-state index contributed by atoms with van der Waals surface area (Å²) in [6, 6.07) is 9.82. The normalized spacial score (nSPS) is 15.4. The zero-order valence-corrected chi connectivity index (χ0v) is 20.7. The average molecular weight is 471 g/mol. The molecule has 0 bridgehead atoms. The number of carbonyl (C=O) groups excluding carboxylic acids is 1. The van der Waals surface area contributed by atoms with Crippen LogP contribution in [0.3, 0.4) is 0 Å². The van der Waals surface area contributed by atoms with E-state index in [4.69, 9.17) is 9.47 Å². The first-order valence-electron chi connectivity index (χ1n) is 10.9. The van der Waals surface area contributed by atoms with Gasteiger partial charge in [0.1, 0.15) is 16.5 Å². The number of anilines is 1. The number of piperidine rings is 1. The lowest BCUT2D eigenvalue weighted by molar-refractivity contribution is 0.103. The number of likely N-dealkylation sites (tertiary alicyclic amines) is 1.